The van der Waals surface area contributed by atoms with Gasteiger partial charge in [-0.15, -0.1) is 0 Å². The molecule has 0 aromatic heterocycles. The lowest BCUT2D eigenvalue weighted by Crippen LogP contribution is -2.13. The van der Waals surface area contributed by atoms with Gasteiger partial charge in [-0.2, -0.15) is 0 Å². The van der Waals surface area contributed by atoms with Crippen LogP contribution in [0, 0.1) is 5.92 Å². The predicted molar refractivity (Wildman–Crippen MR) is 197 cm³/mol. The van der Waals surface area contributed by atoms with E-state index in [9.17, 15) is 0 Å². The summed E-state index contributed by atoms with van der Waals surface area (Å²) in [5.74, 6) is 3.79. The fourth-order valence-electron chi connectivity index (χ4n) is 6.05. The molecule has 2 nitrogen and oxygen atoms in total. The van der Waals surface area contributed by atoms with Gasteiger partial charge in [0.2, 0.25) is 0 Å². The molecule has 250 valence electrons. The number of benzene rings is 3. The Kier molecular flexibility index (Phi) is 20.9. The van der Waals surface area contributed by atoms with Crippen LogP contribution in [0.1, 0.15) is 147 Å². The molecule has 1 saturated carbocycles. The Morgan fingerprint density at radius 2 is 0.911 bits per heavy atom. The molecule has 0 saturated heterocycles. The molecule has 0 unspecified atom stereocenters. The van der Waals surface area contributed by atoms with Crippen LogP contribution in [0.5, 0.6) is 11.5 Å². The summed E-state index contributed by atoms with van der Waals surface area (Å²) < 4.78 is 11.1. The average molecular weight is 615 g/mol. The van der Waals surface area contributed by atoms with Gasteiger partial charge in [-0.1, -0.05) is 122 Å². The van der Waals surface area contributed by atoms with Crippen molar-refractivity contribution in [3.05, 3.63) is 95.1 Å². The minimum absolute atomic E-state index is 0.785. The van der Waals surface area contributed by atoms with Crippen LogP contribution in [0.2, 0.25) is 0 Å². The van der Waals surface area contributed by atoms with Crippen LogP contribution in [0.3, 0.4) is 0 Å². The summed E-state index contributed by atoms with van der Waals surface area (Å²) in [6, 6.07) is 26.3. The third kappa shape index (κ3) is 16.4. The van der Waals surface area contributed by atoms with E-state index in [-0.39, 0.29) is 0 Å². The first-order valence-corrected chi connectivity index (χ1v) is 18.6. The Hall–Kier alpha value is -2.74. The van der Waals surface area contributed by atoms with Crippen LogP contribution in [-0.2, 0) is 19.3 Å². The fourth-order valence-corrected chi connectivity index (χ4v) is 6.05. The lowest BCUT2D eigenvalue weighted by Gasteiger charge is -2.28. The maximum atomic E-state index is 5.65. The molecule has 0 aliphatic heterocycles. The van der Waals surface area contributed by atoms with Crippen molar-refractivity contribution < 1.29 is 9.47 Å². The first-order valence-electron chi connectivity index (χ1n) is 18.6. The zero-order chi connectivity index (χ0) is 32.5. The molecule has 4 rings (SSSR count). The largest absolute Gasteiger partial charge is 0.494 e. The van der Waals surface area contributed by atoms with E-state index >= 15 is 0 Å². The molecule has 0 atom stereocenters. The maximum absolute atomic E-state index is 5.65. The molecule has 0 amide bonds. The van der Waals surface area contributed by atoms with Gasteiger partial charge in [-0.05, 0) is 123 Å². The highest BCUT2D eigenvalue weighted by molar-refractivity contribution is 5.30. The fraction of sp³-hybridized carbons (Fsp3) is 0.581. The van der Waals surface area contributed by atoms with Crippen molar-refractivity contribution in [2.24, 2.45) is 5.92 Å². The van der Waals surface area contributed by atoms with Crippen LogP contribution in [-0.4, -0.2) is 13.2 Å². The minimum Gasteiger partial charge on any atom is -0.494 e. The molecule has 3 aromatic rings. The van der Waals surface area contributed by atoms with E-state index in [4.69, 9.17) is 9.47 Å². The normalized spacial score (nSPS) is 15.7. The number of ether oxygens (including phenoxy) is 2. The molecule has 0 bridgehead atoms. The highest BCUT2D eigenvalue weighted by Gasteiger charge is 2.21. The molecule has 45 heavy (non-hydrogen) atoms. The summed E-state index contributed by atoms with van der Waals surface area (Å²) in [4.78, 5) is 0. The maximum Gasteiger partial charge on any atom is 0.119 e. The molecule has 0 radical (unpaired) electrons. The van der Waals surface area contributed by atoms with E-state index in [0.717, 1.165) is 55.8 Å². The van der Waals surface area contributed by atoms with E-state index in [1.54, 1.807) is 0 Å². The summed E-state index contributed by atoms with van der Waals surface area (Å²) in [5, 5.41) is 0. The number of hydrogen-bond acceptors (Lipinski definition) is 2. The Balaban J connectivity index is 0.000000243. The lowest BCUT2D eigenvalue weighted by atomic mass is 9.77. The zero-order valence-corrected chi connectivity index (χ0v) is 29.9. The number of unbranched alkanes of at least 4 members (excludes halogenated alkanes) is 1. The minimum atomic E-state index is 0.785. The Morgan fingerprint density at radius 3 is 1.33 bits per heavy atom. The molecule has 2 heteroatoms. The van der Waals surface area contributed by atoms with Crippen molar-refractivity contribution >= 4 is 0 Å². The molecular weight excluding hydrogens is 548 g/mol. The third-order valence-electron chi connectivity index (χ3n) is 8.68. The van der Waals surface area contributed by atoms with Gasteiger partial charge in [0.25, 0.3) is 0 Å². The summed E-state index contributed by atoms with van der Waals surface area (Å²) in [7, 11) is 0. The van der Waals surface area contributed by atoms with Crippen molar-refractivity contribution in [3.8, 4) is 11.5 Å². The first-order chi connectivity index (χ1) is 22.1. The van der Waals surface area contributed by atoms with Gasteiger partial charge in [-0.3, -0.25) is 0 Å². The number of aryl methyl sites for hydroxylation is 3. The Bertz CT molecular complexity index is 1020. The highest BCUT2D eigenvalue weighted by Crippen LogP contribution is 2.37. The lowest BCUT2D eigenvalue weighted by molar-refractivity contribution is 0.306. The van der Waals surface area contributed by atoms with E-state index in [1.807, 2.05) is 0 Å². The van der Waals surface area contributed by atoms with Gasteiger partial charge in [0.15, 0.2) is 0 Å². The van der Waals surface area contributed by atoms with Gasteiger partial charge in [-0.25, -0.2) is 0 Å². The molecule has 0 heterocycles. The average Bonchev–Trinajstić information content (AvgIpc) is 3.08. The van der Waals surface area contributed by atoms with Gasteiger partial charge in [0, 0.05) is 0 Å². The first kappa shape index (κ1) is 38.4. The molecule has 1 fully saturated rings. The monoisotopic (exact) mass is 615 g/mol. The Labute approximate surface area is 278 Å². The molecule has 3 aromatic carbocycles. The molecular formula is C43H66O2. The summed E-state index contributed by atoms with van der Waals surface area (Å²) in [6.45, 7) is 14.9. The molecule has 1 aliphatic rings. The van der Waals surface area contributed by atoms with E-state index in [0.29, 0.717) is 0 Å². The quantitative estimate of drug-likeness (QED) is 0.160. The zero-order valence-electron chi connectivity index (χ0n) is 29.9. The third-order valence-corrected chi connectivity index (χ3v) is 8.68. The van der Waals surface area contributed by atoms with Crippen LogP contribution in [0.4, 0.5) is 0 Å². The summed E-state index contributed by atoms with van der Waals surface area (Å²) in [6.07, 6.45) is 19.2. The summed E-state index contributed by atoms with van der Waals surface area (Å²) in [5.41, 5.74) is 5.87. The second kappa shape index (κ2) is 24.5. The smallest absolute Gasteiger partial charge is 0.119 e. The molecule has 0 spiro atoms. The van der Waals surface area contributed by atoms with Crippen LogP contribution >= 0.6 is 0 Å². The number of rotatable bonds is 16. The van der Waals surface area contributed by atoms with Gasteiger partial charge < -0.3 is 9.47 Å². The standard InChI is InChI=1S/C18H28O.C13H20.C12H18O/c1-3-5-15-6-8-16(9-7-15)17-10-12-18(13-11-17)19-14-4-2;1-3-5-7-13-10-8-12(6-4-2)9-11-13;1-3-5-11-6-8-12(9-7-11)13-10-4-2/h10-13,15-16H,3-9,14H2,1-2H3;8-11H,3-7H2,1-2H3;6-9H,3-5,10H2,1-2H3. The van der Waals surface area contributed by atoms with Crippen LogP contribution in [0.15, 0.2) is 72.8 Å². The van der Waals surface area contributed by atoms with E-state index in [1.165, 1.54) is 99.3 Å². The molecule has 0 N–H and O–H groups in total. The second-order valence-corrected chi connectivity index (χ2v) is 12.8. The SMILES string of the molecule is CCCCc1ccc(CCC)cc1.CCCOc1ccc(C2CCC(CCC)CC2)cc1.CCCOc1ccc(CCC)cc1. The van der Waals surface area contributed by atoms with Crippen molar-refractivity contribution in [2.45, 2.75) is 144 Å². The van der Waals surface area contributed by atoms with E-state index in [2.05, 4.69) is 114 Å². The summed E-state index contributed by atoms with van der Waals surface area (Å²) >= 11 is 0. The Morgan fingerprint density at radius 1 is 0.467 bits per heavy atom. The van der Waals surface area contributed by atoms with Gasteiger partial charge in [0.1, 0.15) is 11.5 Å². The highest BCUT2D eigenvalue weighted by atomic mass is 16.5. The number of hydrogen-bond donors (Lipinski definition) is 0. The van der Waals surface area contributed by atoms with Crippen molar-refractivity contribution in [1.82, 2.24) is 0 Å². The van der Waals surface area contributed by atoms with Crippen LogP contribution < -0.4 is 9.47 Å². The van der Waals surface area contributed by atoms with Crippen molar-refractivity contribution in [3.63, 3.8) is 0 Å². The second-order valence-electron chi connectivity index (χ2n) is 12.8. The topological polar surface area (TPSA) is 18.5 Å². The van der Waals surface area contributed by atoms with Crippen LogP contribution in [0.25, 0.3) is 0 Å². The van der Waals surface area contributed by atoms with Crippen molar-refractivity contribution in [2.75, 3.05) is 13.2 Å². The van der Waals surface area contributed by atoms with Crippen molar-refractivity contribution in [1.29, 1.82) is 0 Å². The molecule has 1 aliphatic carbocycles. The predicted octanol–water partition coefficient (Wildman–Crippen LogP) is 13.0. The van der Waals surface area contributed by atoms with Gasteiger partial charge in [0.05, 0.1) is 13.2 Å². The van der Waals surface area contributed by atoms with Gasteiger partial charge >= 0.3 is 0 Å². The van der Waals surface area contributed by atoms with E-state index < -0.39 is 0 Å².